The Morgan fingerprint density at radius 1 is 1.08 bits per heavy atom. The summed E-state index contributed by atoms with van der Waals surface area (Å²) in [6.07, 6.45) is 8.17. The predicted octanol–water partition coefficient (Wildman–Crippen LogP) is 4.18. The molecular weight excluding hydrogens is 336 g/mol. The summed E-state index contributed by atoms with van der Waals surface area (Å²) in [5.74, 6) is 0.855. The fourth-order valence-corrected chi connectivity index (χ4v) is 3.67. The van der Waals surface area contributed by atoms with Gasteiger partial charge in [-0.1, -0.05) is 49.9 Å². The molecule has 0 aliphatic heterocycles. The molecule has 1 saturated carbocycles. The van der Waals surface area contributed by atoms with Gasteiger partial charge in [-0.15, -0.1) is 0 Å². The largest absolute Gasteiger partial charge is 0.354 e. The maximum Gasteiger partial charge on any atom is 0.252 e. The number of rotatable bonds is 8. The fraction of sp³-hybridized carbons (Fsp3) is 0.600. The highest BCUT2D eigenvalue weighted by molar-refractivity contribution is 6.33. The summed E-state index contributed by atoms with van der Waals surface area (Å²) in [5.41, 5.74) is 0.459. The molecule has 0 aromatic heterocycles. The van der Waals surface area contributed by atoms with Gasteiger partial charge in [-0.25, -0.2) is 0 Å². The molecule has 2 rings (SSSR count). The molecule has 0 spiro atoms. The third-order valence-electron chi connectivity index (χ3n) is 5.01. The molecule has 0 bridgehead atoms. The van der Waals surface area contributed by atoms with Crippen LogP contribution in [0.5, 0.6) is 0 Å². The zero-order chi connectivity index (χ0) is 18.1. The van der Waals surface area contributed by atoms with Crippen LogP contribution in [0.25, 0.3) is 0 Å². The standard InChI is InChI=1S/C20H29ClN2O2/c1-2-3-6-15-9-11-16(12-10-15)19(24)22-13-14-23-20(25)17-7-4-5-8-18(17)21/h4-5,7-8,15-16H,2-3,6,9-14H2,1H3,(H,22,24)(H,23,25). The molecule has 1 aliphatic rings. The van der Waals surface area contributed by atoms with E-state index < -0.39 is 0 Å². The number of unbranched alkanes of at least 4 members (excludes halogenated alkanes) is 1. The van der Waals surface area contributed by atoms with E-state index in [0.29, 0.717) is 23.7 Å². The van der Waals surface area contributed by atoms with Crippen LogP contribution in [-0.4, -0.2) is 24.9 Å². The number of nitrogens with one attached hydrogen (secondary N) is 2. The van der Waals surface area contributed by atoms with E-state index in [1.807, 2.05) is 0 Å². The zero-order valence-electron chi connectivity index (χ0n) is 15.0. The van der Waals surface area contributed by atoms with E-state index in [9.17, 15) is 9.59 Å². The summed E-state index contributed by atoms with van der Waals surface area (Å²) in [5, 5.41) is 6.17. The van der Waals surface area contributed by atoms with E-state index >= 15 is 0 Å². The van der Waals surface area contributed by atoms with Crippen molar-refractivity contribution < 1.29 is 9.59 Å². The van der Waals surface area contributed by atoms with E-state index in [0.717, 1.165) is 18.8 Å². The molecule has 5 heteroatoms. The lowest BCUT2D eigenvalue weighted by atomic mass is 9.79. The monoisotopic (exact) mass is 364 g/mol. The van der Waals surface area contributed by atoms with Crippen molar-refractivity contribution in [1.29, 1.82) is 0 Å². The number of hydrogen-bond acceptors (Lipinski definition) is 2. The third kappa shape index (κ3) is 6.35. The first-order valence-corrected chi connectivity index (χ1v) is 9.80. The Kier molecular flexibility index (Phi) is 8.26. The second kappa shape index (κ2) is 10.4. The third-order valence-corrected chi connectivity index (χ3v) is 5.34. The summed E-state index contributed by atoms with van der Waals surface area (Å²) in [4.78, 5) is 24.3. The molecule has 0 heterocycles. The SMILES string of the molecule is CCCCC1CCC(C(=O)NCCNC(=O)c2ccccc2Cl)CC1. The van der Waals surface area contributed by atoms with Crippen molar-refractivity contribution in [2.24, 2.45) is 11.8 Å². The van der Waals surface area contributed by atoms with Gasteiger partial charge in [0.25, 0.3) is 5.91 Å². The highest BCUT2D eigenvalue weighted by Crippen LogP contribution is 2.31. The lowest BCUT2D eigenvalue weighted by Gasteiger charge is -2.27. The Morgan fingerprint density at radius 2 is 1.76 bits per heavy atom. The van der Waals surface area contributed by atoms with E-state index in [1.54, 1.807) is 24.3 Å². The quantitative estimate of drug-likeness (QED) is 0.680. The van der Waals surface area contributed by atoms with E-state index in [-0.39, 0.29) is 17.7 Å². The molecule has 2 amide bonds. The summed E-state index contributed by atoms with van der Waals surface area (Å²) < 4.78 is 0. The molecule has 2 N–H and O–H groups in total. The molecule has 1 aliphatic carbocycles. The maximum atomic E-state index is 12.2. The van der Waals surface area contributed by atoms with Gasteiger partial charge in [-0.2, -0.15) is 0 Å². The highest BCUT2D eigenvalue weighted by Gasteiger charge is 2.25. The lowest BCUT2D eigenvalue weighted by molar-refractivity contribution is -0.126. The number of benzene rings is 1. The Bertz CT molecular complexity index is 569. The second-order valence-electron chi connectivity index (χ2n) is 6.89. The maximum absolute atomic E-state index is 12.2. The summed E-state index contributed by atoms with van der Waals surface area (Å²) in [7, 11) is 0. The predicted molar refractivity (Wildman–Crippen MR) is 102 cm³/mol. The summed E-state index contributed by atoms with van der Waals surface area (Å²) in [6.45, 7) is 3.08. The van der Waals surface area contributed by atoms with Crippen LogP contribution in [-0.2, 0) is 4.79 Å². The first kappa shape index (κ1) is 19.8. The smallest absolute Gasteiger partial charge is 0.252 e. The number of amides is 2. The summed E-state index contributed by atoms with van der Waals surface area (Å²) >= 11 is 6.00. The highest BCUT2D eigenvalue weighted by atomic mass is 35.5. The first-order chi connectivity index (χ1) is 12.1. The van der Waals surface area contributed by atoms with Gasteiger partial charge >= 0.3 is 0 Å². The van der Waals surface area contributed by atoms with E-state index in [2.05, 4.69) is 17.6 Å². The van der Waals surface area contributed by atoms with Crippen LogP contribution >= 0.6 is 11.6 Å². The van der Waals surface area contributed by atoms with Gasteiger partial charge in [-0.3, -0.25) is 9.59 Å². The van der Waals surface area contributed by atoms with Crippen LogP contribution in [0.1, 0.15) is 62.2 Å². The van der Waals surface area contributed by atoms with Gasteiger partial charge in [0.1, 0.15) is 0 Å². The van der Waals surface area contributed by atoms with Gasteiger partial charge in [0.05, 0.1) is 10.6 Å². The van der Waals surface area contributed by atoms with Crippen molar-refractivity contribution in [2.75, 3.05) is 13.1 Å². The van der Waals surface area contributed by atoms with Crippen molar-refractivity contribution in [3.05, 3.63) is 34.9 Å². The van der Waals surface area contributed by atoms with Crippen molar-refractivity contribution in [3.63, 3.8) is 0 Å². The first-order valence-electron chi connectivity index (χ1n) is 9.42. The summed E-state index contributed by atoms with van der Waals surface area (Å²) in [6, 6.07) is 6.94. The Balaban J connectivity index is 1.63. The lowest BCUT2D eigenvalue weighted by Crippen LogP contribution is -2.38. The van der Waals surface area contributed by atoms with Crippen LogP contribution in [0.2, 0.25) is 5.02 Å². The molecule has 1 aromatic rings. The molecule has 1 fully saturated rings. The molecule has 4 nitrogen and oxygen atoms in total. The molecule has 0 atom stereocenters. The second-order valence-corrected chi connectivity index (χ2v) is 7.29. The number of halogens is 1. The van der Waals surface area contributed by atoms with Crippen LogP contribution in [0.15, 0.2) is 24.3 Å². The van der Waals surface area contributed by atoms with E-state index in [1.165, 1.54) is 32.1 Å². The topological polar surface area (TPSA) is 58.2 Å². The van der Waals surface area contributed by atoms with Crippen LogP contribution in [0, 0.1) is 11.8 Å². The molecule has 0 radical (unpaired) electrons. The number of carbonyl (C=O) groups excluding carboxylic acids is 2. The molecule has 1 aromatic carbocycles. The Labute approximate surface area is 155 Å². The Morgan fingerprint density at radius 3 is 2.44 bits per heavy atom. The van der Waals surface area contributed by atoms with Crippen LogP contribution in [0.4, 0.5) is 0 Å². The zero-order valence-corrected chi connectivity index (χ0v) is 15.8. The van der Waals surface area contributed by atoms with Gasteiger partial charge < -0.3 is 10.6 Å². The molecule has 0 unspecified atom stereocenters. The van der Waals surface area contributed by atoms with Crippen molar-refractivity contribution in [2.45, 2.75) is 51.9 Å². The minimum atomic E-state index is -0.212. The van der Waals surface area contributed by atoms with Gasteiger partial charge in [0.15, 0.2) is 0 Å². The number of hydrogen-bond donors (Lipinski definition) is 2. The van der Waals surface area contributed by atoms with Crippen LogP contribution in [0.3, 0.4) is 0 Å². The molecular formula is C20H29ClN2O2. The van der Waals surface area contributed by atoms with Crippen molar-refractivity contribution in [3.8, 4) is 0 Å². The normalized spacial score (nSPS) is 20.1. The van der Waals surface area contributed by atoms with Crippen molar-refractivity contribution in [1.82, 2.24) is 10.6 Å². The Hall–Kier alpha value is -1.55. The van der Waals surface area contributed by atoms with Crippen molar-refractivity contribution >= 4 is 23.4 Å². The minimum Gasteiger partial charge on any atom is -0.354 e. The van der Waals surface area contributed by atoms with Gasteiger partial charge in [0, 0.05) is 19.0 Å². The van der Waals surface area contributed by atoms with E-state index in [4.69, 9.17) is 11.6 Å². The van der Waals surface area contributed by atoms with Crippen LogP contribution < -0.4 is 10.6 Å². The fourth-order valence-electron chi connectivity index (χ4n) is 3.45. The average molecular weight is 365 g/mol. The molecule has 0 saturated heterocycles. The van der Waals surface area contributed by atoms with Gasteiger partial charge in [0.2, 0.25) is 5.91 Å². The molecule has 138 valence electrons. The van der Waals surface area contributed by atoms with Gasteiger partial charge in [-0.05, 0) is 43.7 Å². The molecule has 25 heavy (non-hydrogen) atoms. The number of carbonyl (C=O) groups is 2. The average Bonchev–Trinajstić information content (AvgIpc) is 2.64. The minimum absolute atomic E-state index is 0.126.